The van der Waals surface area contributed by atoms with E-state index in [0.29, 0.717) is 5.84 Å². The number of nitrogens with zero attached hydrogens (tertiary/aromatic N) is 1. The SMILES string of the molecule is CC1=N[C@@H](OC(=O)O)C(O)CN1. The van der Waals surface area contributed by atoms with Gasteiger partial charge < -0.3 is 20.3 Å². The molecule has 1 heterocycles. The van der Waals surface area contributed by atoms with Gasteiger partial charge in [0.2, 0.25) is 6.23 Å². The lowest BCUT2D eigenvalue weighted by molar-refractivity contribution is -0.0157. The van der Waals surface area contributed by atoms with Crippen LogP contribution in [0.25, 0.3) is 0 Å². The van der Waals surface area contributed by atoms with Gasteiger partial charge in [-0.05, 0) is 6.92 Å². The minimum atomic E-state index is -1.43. The normalized spacial score (nSPS) is 28.7. The number of carbonyl (C=O) groups is 1. The van der Waals surface area contributed by atoms with Crippen molar-refractivity contribution in [2.45, 2.75) is 19.3 Å². The van der Waals surface area contributed by atoms with E-state index in [1.54, 1.807) is 6.92 Å². The van der Waals surface area contributed by atoms with Gasteiger partial charge in [0.05, 0.1) is 5.84 Å². The van der Waals surface area contributed by atoms with Gasteiger partial charge >= 0.3 is 6.16 Å². The summed E-state index contributed by atoms with van der Waals surface area (Å²) < 4.78 is 4.31. The Morgan fingerprint density at radius 1 is 1.83 bits per heavy atom. The molecule has 0 fully saturated rings. The van der Waals surface area contributed by atoms with Gasteiger partial charge in [0, 0.05) is 6.54 Å². The number of ether oxygens (including phenoxy) is 1. The van der Waals surface area contributed by atoms with Crippen LogP contribution in [0.4, 0.5) is 4.79 Å². The van der Waals surface area contributed by atoms with E-state index >= 15 is 0 Å². The molecule has 12 heavy (non-hydrogen) atoms. The van der Waals surface area contributed by atoms with E-state index in [1.165, 1.54) is 0 Å². The number of aliphatic hydroxyl groups is 1. The van der Waals surface area contributed by atoms with Crippen LogP contribution in [-0.4, -0.2) is 41.1 Å². The molecular weight excluding hydrogens is 164 g/mol. The molecule has 0 aromatic carbocycles. The van der Waals surface area contributed by atoms with Crippen molar-refractivity contribution in [3.63, 3.8) is 0 Å². The first-order valence-electron chi connectivity index (χ1n) is 3.45. The van der Waals surface area contributed by atoms with Gasteiger partial charge in [0.25, 0.3) is 0 Å². The second kappa shape index (κ2) is 3.40. The van der Waals surface area contributed by atoms with E-state index in [4.69, 9.17) is 5.11 Å². The number of carboxylic acid groups (broad SMARTS) is 1. The number of β-amino-alcohol motifs (C(OH)–C–C–N with tert-alkyl or cyclic N) is 1. The number of amidine groups is 1. The first-order valence-corrected chi connectivity index (χ1v) is 3.45. The molecule has 6 nitrogen and oxygen atoms in total. The first-order chi connectivity index (χ1) is 5.59. The summed E-state index contributed by atoms with van der Waals surface area (Å²) in [5.41, 5.74) is 0. The second-order valence-electron chi connectivity index (χ2n) is 2.44. The van der Waals surface area contributed by atoms with Gasteiger partial charge in [0.1, 0.15) is 6.10 Å². The van der Waals surface area contributed by atoms with Crippen molar-refractivity contribution in [3.8, 4) is 0 Å². The minimum Gasteiger partial charge on any atom is -0.450 e. The lowest BCUT2D eigenvalue weighted by Crippen LogP contribution is -2.45. The van der Waals surface area contributed by atoms with Crippen LogP contribution < -0.4 is 5.32 Å². The van der Waals surface area contributed by atoms with Crippen LogP contribution in [0.1, 0.15) is 6.92 Å². The van der Waals surface area contributed by atoms with E-state index in [9.17, 15) is 9.90 Å². The van der Waals surface area contributed by atoms with Gasteiger partial charge in [-0.25, -0.2) is 9.79 Å². The molecule has 1 rings (SSSR count). The zero-order chi connectivity index (χ0) is 9.14. The maximum absolute atomic E-state index is 10.1. The second-order valence-corrected chi connectivity index (χ2v) is 2.44. The highest BCUT2D eigenvalue weighted by Crippen LogP contribution is 2.05. The number of aliphatic imine (C=N–C) groups is 1. The summed E-state index contributed by atoms with van der Waals surface area (Å²) in [4.78, 5) is 13.9. The monoisotopic (exact) mass is 174 g/mol. The van der Waals surface area contributed by atoms with Gasteiger partial charge in [0.15, 0.2) is 0 Å². The summed E-state index contributed by atoms with van der Waals surface area (Å²) in [6.07, 6.45) is -3.34. The summed E-state index contributed by atoms with van der Waals surface area (Å²) >= 11 is 0. The van der Waals surface area contributed by atoms with Gasteiger partial charge in [-0.2, -0.15) is 0 Å². The smallest absolute Gasteiger partial charge is 0.450 e. The molecule has 0 amide bonds. The molecule has 0 bridgehead atoms. The van der Waals surface area contributed by atoms with Crippen molar-refractivity contribution < 1.29 is 19.7 Å². The van der Waals surface area contributed by atoms with E-state index < -0.39 is 18.5 Å². The molecule has 2 atom stereocenters. The predicted molar refractivity (Wildman–Crippen MR) is 40.0 cm³/mol. The molecule has 1 aliphatic rings. The van der Waals surface area contributed by atoms with Crippen LogP contribution in [-0.2, 0) is 4.74 Å². The highest BCUT2D eigenvalue weighted by Gasteiger charge is 2.25. The Hall–Kier alpha value is -1.30. The summed E-state index contributed by atoms with van der Waals surface area (Å²) in [7, 11) is 0. The Bertz CT molecular complexity index is 216. The lowest BCUT2D eigenvalue weighted by Gasteiger charge is -2.24. The molecule has 0 aromatic rings. The summed E-state index contributed by atoms with van der Waals surface area (Å²) in [6.45, 7) is 1.93. The number of hydrogen-bond donors (Lipinski definition) is 3. The van der Waals surface area contributed by atoms with Crippen molar-refractivity contribution in [2.24, 2.45) is 4.99 Å². The van der Waals surface area contributed by atoms with Crippen LogP contribution in [0.2, 0.25) is 0 Å². The number of nitrogens with one attached hydrogen (secondary N) is 1. The standard InChI is InChI=1S/C6H10N2O4/c1-3-7-2-4(9)5(8-3)12-6(10)11/h4-5,9H,2H2,1H3,(H,7,8)(H,10,11)/t4?,5-/m0/s1. The average molecular weight is 174 g/mol. The molecule has 6 heteroatoms. The van der Waals surface area contributed by atoms with Crippen LogP contribution in [0.5, 0.6) is 0 Å². The van der Waals surface area contributed by atoms with E-state index in [1.807, 2.05) is 0 Å². The molecule has 1 aliphatic heterocycles. The highest BCUT2D eigenvalue weighted by atomic mass is 16.7. The molecule has 0 spiro atoms. The maximum atomic E-state index is 10.1. The molecule has 68 valence electrons. The first kappa shape index (κ1) is 8.79. The Morgan fingerprint density at radius 2 is 2.50 bits per heavy atom. The van der Waals surface area contributed by atoms with Crippen molar-refractivity contribution in [1.29, 1.82) is 0 Å². The van der Waals surface area contributed by atoms with Crippen LogP contribution in [0, 0.1) is 0 Å². The Labute approximate surface area is 68.9 Å². The number of rotatable bonds is 1. The van der Waals surface area contributed by atoms with Gasteiger partial charge in [-0.3, -0.25) is 0 Å². The Kier molecular flexibility index (Phi) is 2.49. The number of aliphatic hydroxyl groups excluding tert-OH is 1. The van der Waals surface area contributed by atoms with E-state index in [-0.39, 0.29) is 6.54 Å². The molecule has 0 saturated heterocycles. The molecule has 1 unspecified atom stereocenters. The summed E-state index contributed by atoms with van der Waals surface area (Å²) in [6, 6.07) is 0. The van der Waals surface area contributed by atoms with Crippen molar-refractivity contribution >= 4 is 12.0 Å². The predicted octanol–water partition coefficient (Wildman–Crippen LogP) is -0.610. The van der Waals surface area contributed by atoms with E-state index in [2.05, 4.69) is 15.0 Å². The van der Waals surface area contributed by atoms with Crippen LogP contribution in [0.3, 0.4) is 0 Å². The largest absolute Gasteiger partial charge is 0.507 e. The zero-order valence-electron chi connectivity index (χ0n) is 6.52. The van der Waals surface area contributed by atoms with Crippen LogP contribution >= 0.6 is 0 Å². The average Bonchev–Trinajstić information content (AvgIpc) is 1.96. The topological polar surface area (TPSA) is 91.2 Å². The molecular formula is C6H10N2O4. The fraction of sp³-hybridized carbons (Fsp3) is 0.667. The molecule has 3 N–H and O–H groups in total. The summed E-state index contributed by atoms with van der Waals surface area (Å²) in [5.74, 6) is 0.562. The third-order valence-electron chi connectivity index (χ3n) is 1.44. The zero-order valence-corrected chi connectivity index (χ0v) is 6.52. The highest BCUT2D eigenvalue weighted by molar-refractivity contribution is 5.80. The third kappa shape index (κ3) is 2.09. The van der Waals surface area contributed by atoms with E-state index in [0.717, 1.165) is 0 Å². The van der Waals surface area contributed by atoms with Gasteiger partial charge in [-0.1, -0.05) is 0 Å². The third-order valence-corrected chi connectivity index (χ3v) is 1.44. The minimum absolute atomic E-state index is 0.257. The van der Waals surface area contributed by atoms with Crippen molar-refractivity contribution in [1.82, 2.24) is 5.32 Å². The summed E-state index contributed by atoms with van der Waals surface area (Å²) in [5, 5.41) is 20.2. The molecule has 0 radical (unpaired) electrons. The van der Waals surface area contributed by atoms with Crippen LogP contribution in [0.15, 0.2) is 4.99 Å². The molecule has 0 aliphatic carbocycles. The van der Waals surface area contributed by atoms with Crippen molar-refractivity contribution in [2.75, 3.05) is 6.54 Å². The Morgan fingerprint density at radius 3 is 3.08 bits per heavy atom. The lowest BCUT2D eigenvalue weighted by atomic mass is 10.3. The fourth-order valence-corrected chi connectivity index (χ4v) is 0.884. The quantitative estimate of drug-likeness (QED) is 0.461. The van der Waals surface area contributed by atoms with Gasteiger partial charge in [-0.15, -0.1) is 0 Å². The Balaban J connectivity index is 2.60. The van der Waals surface area contributed by atoms with Crippen molar-refractivity contribution in [3.05, 3.63) is 0 Å². The maximum Gasteiger partial charge on any atom is 0.507 e. The molecule has 0 aromatic heterocycles. The fourth-order valence-electron chi connectivity index (χ4n) is 0.884. The molecule has 0 saturated carbocycles. The number of hydrogen-bond acceptors (Lipinski definition) is 5.